The minimum Gasteiger partial charge on any atom is -0.385 e. The van der Waals surface area contributed by atoms with Gasteiger partial charge in [0.25, 0.3) is 0 Å². The van der Waals surface area contributed by atoms with Gasteiger partial charge in [0.15, 0.2) is 5.96 Å². The molecule has 0 aliphatic carbocycles. The van der Waals surface area contributed by atoms with Crippen molar-refractivity contribution in [1.82, 2.24) is 10.6 Å². The van der Waals surface area contributed by atoms with Gasteiger partial charge in [-0.3, -0.25) is 4.99 Å². The van der Waals surface area contributed by atoms with E-state index in [1.807, 2.05) is 7.05 Å². The number of hydrogen-bond acceptors (Lipinski definition) is 3. The van der Waals surface area contributed by atoms with Crippen molar-refractivity contribution >= 4 is 27.6 Å². The van der Waals surface area contributed by atoms with Crippen LogP contribution in [-0.4, -0.2) is 52.9 Å². The molecular formula is C17H27BrN4O. The van der Waals surface area contributed by atoms with Crippen molar-refractivity contribution < 1.29 is 4.74 Å². The lowest BCUT2D eigenvalue weighted by molar-refractivity contribution is 0.195. The lowest BCUT2D eigenvalue weighted by atomic mass is 10.1. The maximum atomic E-state index is 5.05. The van der Waals surface area contributed by atoms with Crippen LogP contribution in [0.25, 0.3) is 0 Å². The molecule has 1 unspecified atom stereocenters. The molecule has 0 amide bonds. The highest BCUT2D eigenvalue weighted by Gasteiger charge is 2.22. The molecule has 0 spiro atoms. The molecule has 5 nitrogen and oxygen atoms in total. The Morgan fingerprint density at radius 2 is 2.13 bits per heavy atom. The van der Waals surface area contributed by atoms with E-state index in [9.17, 15) is 0 Å². The van der Waals surface area contributed by atoms with Crippen molar-refractivity contribution in [3.8, 4) is 0 Å². The number of nitrogens with zero attached hydrogens (tertiary/aromatic N) is 2. The fraction of sp³-hybridized carbons (Fsp3) is 0.588. The number of aliphatic imine (C=N–C) groups is 1. The second kappa shape index (κ2) is 9.78. The summed E-state index contributed by atoms with van der Waals surface area (Å²) in [7, 11) is 3.54. The molecule has 1 aliphatic rings. The standard InChI is InChI=1S/C17H27BrN4O/c1-19-17(20-9-3-11-23-2)21-12-14-8-10-22(13-14)16-6-4-15(18)5-7-16/h4-7,14H,3,8-13H2,1-2H3,(H2,19,20,21). The second-order valence-corrected chi connectivity index (χ2v) is 6.72. The van der Waals surface area contributed by atoms with Crippen LogP contribution in [0.5, 0.6) is 0 Å². The smallest absolute Gasteiger partial charge is 0.190 e. The Morgan fingerprint density at radius 1 is 1.35 bits per heavy atom. The van der Waals surface area contributed by atoms with E-state index in [1.54, 1.807) is 7.11 Å². The molecule has 0 saturated carbocycles. The summed E-state index contributed by atoms with van der Waals surface area (Å²) >= 11 is 3.49. The predicted molar refractivity (Wildman–Crippen MR) is 100 cm³/mol. The zero-order chi connectivity index (χ0) is 16.5. The summed E-state index contributed by atoms with van der Waals surface area (Å²) in [6.45, 7) is 4.82. The van der Waals surface area contributed by atoms with Crippen molar-refractivity contribution in [2.75, 3.05) is 51.8 Å². The Bertz CT molecular complexity index is 492. The van der Waals surface area contributed by atoms with Crippen LogP contribution in [0.2, 0.25) is 0 Å². The Labute approximate surface area is 147 Å². The summed E-state index contributed by atoms with van der Waals surface area (Å²) in [6.07, 6.45) is 2.20. The summed E-state index contributed by atoms with van der Waals surface area (Å²) in [5, 5.41) is 6.75. The highest BCUT2D eigenvalue weighted by atomic mass is 79.9. The number of anilines is 1. The monoisotopic (exact) mass is 382 g/mol. The largest absolute Gasteiger partial charge is 0.385 e. The molecule has 1 fully saturated rings. The van der Waals surface area contributed by atoms with E-state index in [1.165, 1.54) is 12.1 Å². The second-order valence-electron chi connectivity index (χ2n) is 5.80. The number of hydrogen-bond donors (Lipinski definition) is 2. The van der Waals surface area contributed by atoms with Crippen LogP contribution < -0.4 is 15.5 Å². The molecular weight excluding hydrogens is 356 g/mol. The van der Waals surface area contributed by atoms with Crippen LogP contribution in [0, 0.1) is 5.92 Å². The number of methoxy groups -OCH3 is 1. The summed E-state index contributed by atoms with van der Waals surface area (Å²) < 4.78 is 6.18. The summed E-state index contributed by atoms with van der Waals surface area (Å²) in [4.78, 5) is 6.72. The number of guanidine groups is 1. The zero-order valence-corrected chi connectivity index (χ0v) is 15.6. The van der Waals surface area contributed by atoms with Gasteiger partial charge in [0, 0.05) is 57.1 Å². The minimum atomic E-state index is 0.649. The van der Waals surface area contributed by atoms with Gasteiger partial charge in [0.2, 0.25) is 0 Å². The molecule has 1 aromatic carbocycles. The minimum absolute atomic E-state index is 0.649. The van der Waals surface area contributed by atoms with Crippen LogP contribution in [0.4, 0.5) is 5.69 Å². The topological polar surface area (TPSA) is 48.9 Å². The first-order chi connectivity index (χ1) is 11.2. The Morgan fingerprint density at radius 3 is 2.83 bits per heavy atom. The van der Waals surface area contributed by atoms with Gasteiger partial charge in [-0.1, -0.05) is 15.9 Å². The highest BCUT2D eigenvalue weighted by Crippen LogP contribution is 2.24. The SMILES string of the molecule is CN=C(NCCCOC)NCC1CCN(c2ccc(Br)cc2)C1. The highest BCUT2D eigenvalue weighted by molar-refractivity contribution is 9.10. The molecule has 1 saturated heterocycles. The number of nitrogens with one attached hydrogen (secondary N) is 2. The lowest BCUT2D eigenvalue weighted by Gasteiger charge is -2.19. The molecule has 2 rings (SSSR count). The number of ether oxygens (including phenoxy) is 1. The number of benzene rings is 1. The van der Waals surface area contributed by atoms with Crippen LogP contribution >= 0.6 is 15.9 Å². The molecule has 23 heavy (non-hydrogen) atoms. The van der Waals surface area contributed by atoms with E-state index in [0.29, 0.717) is 5.92 Å². The summed E-state index contributed by atoms with van der Waals surface area (Å²) in [6, 6.07) is 8.56. The molecule has 1 aromatic rings. The Kier molecular flexibility index (Phi) is 7.68. The predicted octanol–water partition coefficient (Wildman–Crippen LogP) is 2.48. The molecule has 0 radical (unpaired) electrons. The van der Waals surface area contributed by atoms with E-state index < -0.39 is 0 Å². The third-order valence-corrected chi connectivity index (χ3v) is 4.61. The first-order valence-electron chi connectivity index (χ1n) is 8.17. The molecule has 1 heterocycles. The Balaban J connectivity index is 1.71. The van der Waals surface area contributed by atoms with Crippen molar-refractivity contribution in [3.05, 3.63) is 28.7 Å². The summed E-state index contributed by atoms with van der Waals surface area (Å²) in [5.41, 5.74) is 1.30. The van der Waals surface area contributed by atoms with Crippen molar-refractivity contribution in [1.29, 1.82) is 0 Å². The van der Waals surface area contributed by atoms with Gasteiger partial charge in [-0.15, -0.1) is 0 Å². The molecule has 1 aliphatic heterocycles. The number of halogens is 1. The Hall–Kier alpha value is -1.27. The molecule has 128 valence electrons. The first kappa shape index (κ1) is 18.1. The average Bonchev–Trinajstić information content (AvgIpc) is 3.04. The van der Waals surface area contributed by atoms with E-state index in [2.05, 4.69) is 60.7 Å². The van der Waals surface area contributed by atoms with Gasteiger partial charge in [-0.25, -0.2) is 0 Å². The maximum Gasteiger partial charge on any atom is 0.190 e. The zero-order valence-electron chi connectivity index (χ0n) is 14.0. The third-order valence-electron chi connectivity index (χ3n) is 4.08. The molecule has 0 aromatic heterocycles. The average molecular weight is 383 g/mol. The molecule has 6 heteroatoms. The van der Waals surface area contributed by atoms with E-state index >= 15 is 0 Å². The normalized spacial score (nSPS) is 18.3. The van der Waals surface area contributed by atoms with Gasteiger partial charge >= 0.3 is 0 Å². The lowest BCUT2D eigenvalue weighted by Crippen LogP contribution is -2.40. The fourth-order valence-corrected chi connectivity index (χ4v) is 3.03. The van der Waals surface area contributed by atoms with E-state index in [-0.39, 0.29) is 0 Å². The van der Waals surface area contributed by atoms with Gasteiger partial charge in [-0.05, 0) is 43.0 Å². The quantitative estimate of drug-likeness (QED) is 0.432. The first-order valence-corrected chi connectivity index (χ1v) is 8.96. The van der Waals surface area contributed by atoms with Crippen LogP contribution in [0.3, 0.4) is 0 Å². The van der Waals surface area contributed by atoms with Gasteiger partial charge in [0.05, 0.1) is 0 Å². The van der Waals surface area contributed by atoms with Gasteiger partial charge in [-0.2, -0.15) is 0 Å². The van der Waals surface area contributed by atoms with Crippen molar-refractivity contribution in [2.45, 2.75) is 12.8 Å². The van der Waals surface area contributed by atoms with Gasteiger partial charge in [0.1, 0.15) is 0 Å². The molecule has 1 atom stereocenters. The van der Waals surface area contributed by atoms with Gasteiger partial charge < -0.3 is 20.3 Å². The molecule has 0 bridgehead atoms. The van der Waals surface area contributed by atoms with Crippen LogP contribution in [-0.2, 0) is 4.74 Å². The van der Waals surface area contributed by atoms with Crippen LogP contribution in [0.15, 0.2) is 33.7 Å². The third kappa shape index (κ3) is 6.03. The van der Waals surface area contributed by atoms with Crippen molar-refractivity contribution in [2.24, 2.45) is 10.9 Å². The van der Waals surface area contributed by atoms with E-state index in [0.717, 1.165) is 49.6 Å². The van der Waals surface area contributed by atoms with Crippen molar-refractivity contribution in [3.63, 3.8) is 0 Å². The van der Waals surface area contributed by atoms with E-state index in [4.69, 9.17) is 4.74 Å². The fourth-order valence-electron chi connectivity index (χ4n) is 2.77. The summed E-state index contributed by atoms with van der Waals surface area (Å²) in [5.74, 6) is 1.53. The van der Waals surface area contributed by atoms with Crippen LogP contribution in [0.1, 0.15) is 12.8 Å². The maximum absolute atomic E-state index is 5.05. The number of rotatable bonds is 7. The molecule has 2 N–H and O–H groups in total.